The van der Waals surface area contributed by atoms with Gasteiger partial charge in [0.15, 0.2) is 0 Å². The van der Waals surface area contributed by atoms with Gasteiger partial charge in [0.25, 0.3) is 0 Å². The third-order valence-corrected chi connectivity index (χ3v) is 24.7. The number of nitrogens with two attached hydrogens (primary N) is 1. The van der Waals surface area contributed by atoms with E-state index >= 15 is 0 Å². The number of rotatable bonds is 6. The molecule has 16 rings (SSSR count). The lowest BCUT2D eigenvalue weighted by Gasteiger charge is -2.59. The predicted molar refractivity (Wildman–Crippen MR) is 341 cm³/mol. The number of para-hydroxylation sites is 1. The first kappa shape index (κ1) is 61.2. The molecule has 5 amide bonds. The van der Waals surface area contributed by atoms with Gasteiger partial charge in [-0.15, -0.1) is 0 Å². The van der Waals surface area contributed by atoms with Gasteiger partial charge in [-0.25, -0.2) is 0 Å². The molecule has 0 aromatic heterocycles. The number of anilines is 1. The summed E-state index contributed by atoms with van der Waals surface area (Å²) in [5.74, 6) is 3.76. The Morgan fingerprint density at radius 2 is 0.943 bits per heavy atom. The van der Waals surface area contributed by atoms with Gasteiger partial charge in [-0.3, -0.25) is 48.4 Å². The van der Waals surface area contributed by atoms with E-state index in [1.54, 1.807) is 6.07 Å². The summed E-state index contributed by atoms with van der Waals surface area (Å²) in [6.45, 7) is 10.3. The average molecular weight is 1320 g/mol. The van der Waals surface area contributed by atoms with E-state index < -0.39 is 5.97 Å². The molecule has 15 atom stereocenters. The largest absolute Gasteiger partial charge is 0.481 e. The van der Waals surface area contributed by atoms with Crippen molar-refractivity contribution in [1.29, 1.82) is 0 Å². The van der Waals surface area contributed by atoms with Crippen LogP contribution in [-0.4, -0.2) is 183 Å². The molecule has 13 aliphatic heterocycles. The Bertz CT molecular complexity index is 3040. The second-order valence-electron chi connectivity index (χ2n) is 27.9. The van der Waals surface area contributed by atoms with Crippen molar-refractivity contribution >= 4 is 73.1 Å². The molecule has 468 valence electrons. The number of carbonyl (C=O) groups excluding carboxylic acids is 5. The third-order valence-electron chi connectivity index (χ3n) is 23.1. The number of carboxylic acid groups (broad SMARTS) is 1. The normalized spacial score (nSPS) is 34.9. The first-order valence-corrected chi connectivity index (χ1v) is 35.1. The van der Waals surface area contributed by atoms with Crippen LogP contribution < -0.4 is 16.0 Å². The Kier molecular flexibility index (Phi) is 18.7. The van der Waals surface area contributed by atoms with Crippen molar-refractivity contribution in [3.05, 3.63) is 98.4 Å². The van der Waals surface area contributed by atoms with Crippen molar-refractivity contribution in [3.63, 3.8) is 0 Å². The van der Waals surface area contributed by atoms with E-state index in [0.717, 1.165) is 101 Å². The molecule has 0 aliphatic carbocycles. The zero-order chi connectivity index (χ0) is 60.0. The number of carboxylic acids is 1. The maximum Gasteiger partial charge on any atom is 0.307 e. The zero-order valence-corrected chi connectivity index (χ0v) is 53.8. The highest BCUT2D eigenvalue weighted by molar-refractivity contribution is 9.10. The molecular formula is C69H91Br2N9O7. The van der Waals surface area contributed by atoms with Crippen molar-refractivity contribution < 1.29 is 33.9 Å². The fourth-order valence-corrected chi connectivity index (χ4v) is 20.6. The summed E-state index contributed by atoms with van der Waals surface area (Å²) in [5.41, 5.74) is 9.77. The lowest BCUT2D eigenvalue weighted by atomic mass is 9.67. The fourth-order valence-electron chi connectivity index (χ4n) is 19.7. The van der Waals surface area contributed by atoms with E-state index in [1.165, 1.54) is 116 Å². The number of carbonyl (C=O) groups is 6. The molecule has 3 aromatic rings. The zero-order valence-electron chi connectivity index (χ0n) is 50.7. The summed E-state index contributed by atoms with van der Waals surface area (Å²) in [6.07, 6.45) is 21.8. The predicted octanol–water partition coefficient (Wildman–Crippen LogP) is 8.30. The van der Waals surface area contributed by atoms with Crippen LogP contribution in [0.5, 0.6) is 0 Å². The van der Waals surface area contributed by atoms with E-state index in [0.29, 0.717) is 72.6 Å². The molecule has 3 aromatic carbocycles. The number of hydrogen-bond acceptors (Lipinski definition) is 10. The number of fused-ring (bicyclic) bond motifs is 7. The highest BCUT2D eigenvalue weighted by Gasteiger charge is 2.56. The molecule has 0 spiro atoms. The Labute approximate surface area is 531 Å². The van der Waals surface area contributed by atoms with Crippen LogP contribution in [0.2, 0.25) is 0 Å². The van der Waals surface area contributed by atoms with Crippen LogP contribution in [-0.2, 0) is 48.0 Å². The minimum absolute atomic E-state index is 0.0647. The van der Waals surface area contributed by atoms with Crippen molar-refractivity contribution in [2.75, 3.05) is 63.8 Å². The van der Waals surface area contributed by atoms with Crippen LogP contribution in [0.4, 0.5) is 5.69 Å². The second-order valence-corrected chi connectivity index (χ2v) is 29.6. The maximum atomic E-state index is 13.7. The quantitative estimate of drug-likeness (QED) is 0.216. The van der Waals surface area contributed by atoms with E-state index in [2.05, 4.69) is 66.6 Å². The van der Waals surface area contributed by atoms with Crippen molar-refractivity contribution in [3.8, 4) is 0 Å². The average Bonchev–Trinajstić information content (AvgIpc) is 1.37. The summed E-state index contributed by atoms with van der Waals surface area (Å²) in [5, 5.41) is 11.5. The molecule has 0 radical (unpaired) electrons. The van der Waals surface area contributed by atoms with Gasteiger partial charge in [-0.1, -0.05) is 86.5 Å². The molecule has 12 fully saturated rings. The van der Waals surface area contributed by atoms with Crippen LogP contribution in [0, 0.1) is 35.5 Å². The Hall–Kier alpha value is -4.72. The lowest BCUT2D eigenvalue weighted by Crippen LogP contribution is -2.69. The molecule has 87 heavy (non-hydrogen) atoms. The summed E-state index contributed by atoms with van der Waals surface area (Å²) in [7, 11) is 0. The van der Waals surface area contributed by atoms with Crippen molar-refractivity contribution in [2.24, 2.45) is 41.2 Å². The summed E-state index contributed by atoms with van der Waals surface area (Å²) < 4.78 is 1.79. The van der Waals surface area contributed by atoms with E-state index in [4.69, 9.17) is 10.8 Å². The van der Waals surface area contributed by atoms with Crippen molar-refractivity contribution in [2.45, 2.75) is 189 Å². The van der Waals surface area contributed by atoms with E-state index in [-0.39, 0.29) is 54.1 Å². The maximum absolute atomic E-state index is 13.7. The SMILES string of the molecule is NC1CC[C@@H]2[C@H]3CCCN4CCC[C@@H](CN2C1=O)[C@@H]34.O=C(Cc1ccccc1Br)NC1CC[C@@H]2[C@H]3CCCN4CCC[C@@H](CN2C1=O)[C@@H]34.O=C(O)Cc1ccccc1Br.O=C1Cc2ccccc2N1C1CC[C@@H]2[C@H]3CCCN4CCC[C@@H](CN2C1=O)[C@@H]34. The minimum atomic E-state index is -0.808. The third kappa shape index (κ3) is 12.4. The summed E-state index contributed by atoms with van der Waals surface area (Å²) in [4.78, 5) is 91.7. The lowest BCUT2D eigenvalue weighted by molar-refractivity contribution is -0.155. The number of halogens is 2. The van der Waals surface area contributed by atoms with Crippen LogP contribution in [0.1, 0.15) is 132 Å². The summed E-state index contributed by atoms with van der Waals surface area (Å²) in [6, 6.07) is 25.6. The van der Waals surface area contributed by atoms with Gasteiger partial charge in [0, 0.05) is 70.5 Å². The number of benzene rings is 3. The monoisotopic (exact) mass is 1320 g/mol. The van der Waals surface area contributed by atoms with E-state index in [9.17, 15) is 28.8 Å². The summed E-state index contributed by atoms with van der Waals surface area (Å²) >= 11 is 6.77. The molecule has 13 aliphatic rings. The number of amides is 5. The number of piperidine rings is 12. The van der Waals surface area contributed by atoms with Crippen LogP contribution in [0.3, 0.4) is 0 Å². The number of aliphatic carboxylic acids is 1. The standard InChI is InChI=1S/C23H30BrN3O2.C23H29N3O2.C15H25N3O.C8H7BrO2/c24-18-8-2-1-5-15(18)13-21(28)25-19-9-10-20-17-7-4-12-26-11-3-6-16(22(17)26)14-27(20)23(19)29;27-21-13-15-5-1-2-8-18(15)26(21)20-10-9-19-17-7-4-12-24-11-3-6-16(22(17)24)14-25(19)23(20)28;16-12-5-6-13-11-4-2-8-17-7-1-3-10(14(11)17)9-18(13)15(12)19;9-7-4-2-1-3-6(7)5-8(10)11/h1-2,5,8,16-17,19-20,22H,3-4,6-7,9-14H2,(H,25,28);1-2,5,8,16-17,19-20,22H,3-4,6-7,9-14H2;10-14H,1-9,16H2;1-4H,5H2,(H,10,11)/t16-,17+,19?,20+,22-;16-,17+,19+,20?,22-;10-,11+,12?,13+,14-;/m000./s1. The molecule has 12 saturated heterocycles. The Morgan fingerprint density at radius 1 is 0.506 bits per heavy atom. The smallest absolute Gasteiger partial charge is 0.307 e. The molecule has 3 unspecified atom stereocenters. The highest BCUT2D eigenvalue weighted by atomic mass is 79.9. The molecule has 0 saturated carbocycles. The van der Waals surface area contributed by atoms with Gasteiger partial charge in [-0.2, -0.15) is 0 Å². The van der Waals surface area contributed by atoms with Gasteiger partial charge >= 0.3 is 5.97 Å². The van der Waals surface area contributed by atoms with Crippen LogP contribution in [0.15, 0.2) is 81.7 Å². The van der Waals surface area contributed by atoms with E-state index in [1.807, 2.05) is 71.6 Å². The molecular weight excluding hydrogens is 1230 g/mol. The van der Waals surface area contributed by atoms with Crippen LogP contribution >= 0.6 is 31.9 Å². The first-order valence-electron chi connectivity index (χ1n) is 33.6. The van der Waals surface area contributed by atoms with Gasteiger partial charge in [0.2, 0.25) is 29.5 Å². The highest BCUT2D eigenvalue weighted by Crippen LogP contribution is 2.49. The Balaban J connectivity index is 0.000000113. The number of nitrogens with zero attached hydrogens (tertiary/aromatic N) is 7. The minimum Gasteiger partial charge on any atom is -0.481 e. The molecule has 0 bridgehead atoms. The number of hydrogen-bond donors (Lipinski definition) is 3. The Morgan fingerprint density at radius 3 is 1.46 bits per heavy atom. The molecule has 16 nitrogen and oxygen atoms in total. The second kappa shape index (κ2) is 26.6. The molecule has 13 heterocycles. The van der Waals surface area contributed by atoms with Gasteiger partial charge in [0.05, 0.1) is 25.3 Å². The number of nitrogens with one attached hydrogen (secondary N) is 1. The van der Waals surface area contributed by atoms with Crippen LogP contribution in [0.25, 0.3) is 0 Å². The molecule has 4 N–H and O–H groups in total. The van der Waals surface area contributed by atoms with Gasteiger partial charge in [-0.05, 0) is 225 Å². The first-order chi connectivity index (χ1) is 42.3. The fraction of sp³-hybridized carbons (Fsp3) is 0.652. The van der Waals surface area contributed by atoms with Gasteiger partial charge < -0.3 is 30.9 Å². The topological polar surface area (TPSA) is 183 Å². The molecule has 18 heteroatoms. The van der Waals surface area contributed by atoms with Gasteiger partial charge in [0.1, 0.15) is 12.1 Å². The van der Waals surface area contributed by atoms with Crippen molar-refractivity contribution in [1.82, 2.24) is 34.7 Å².